The summed E-state index contributed by atoms with van der Waals surface area (Å²) in [4.78, 5) is 0. The zero-order chi connectivity index (χ0) is 78.4. The van der Waals surface area contributed by atoms with E-state index in [9.17, 15) is 0 Å². The van der Waals surface area contributed by atoms with E-state index in [4.69, 9.17) is 36.6 Å². The number of rotatable bonds is 4. The second-order valence-electron chi connectivity index (χ2n) is 33.2. The molecule has 4 aliphatic rings. The van der Waals surface area contributed by atoms with Crippen molar-refractivity contribution < 1.29 is 36.6 Å². The molecule has 0 fully saturated rings. The van der Waals surface area contributed by atoms with Crippen molar-refractivity contribution in [2.45, 2.75) is 257 Å². The third-order valence-electron chi connectivity index (χ3n) is 24.4. The molecule has 0 aliphatic carbocycles. The third-order valence-corrected chi connectivity index (χ3v) is 24.4. The average Bonchev–Trinajstić information content (AvgIpc) is 1.59. The van der Waals surface area contributed by atoms with Crippen molar-refractivity contribution >= 4 is 65.4 Å². The summed E-state index contributed by atoms with van der Waals surface area (Å²) < 4.78 is 52.8. The van der Waals surface area contributed by atoms with Gasteiger partial charge in [-0.25, -0.2) is 0 Å². The lowest BCUT2D eigenvalue weighted by Gasteiger charge is -2.10. The molecular formula is C108H124O8. The van der Waals surface area contributed by atoms with Gasteiger partial charge in [0.2, 0.25) is 0 Å². The minimum absolute atomic E-state index is 0.746. The molecule has 0 N–H and O–H groups in total. The Hall–Kier alpha value is -9.92. The summed E-state index contributed by atoms with van der Waals surface area (Å²) in [6.07, 6.45) is 47.3. The van der Waals surface area contributed by atoms with Crippen LogP contribution >= 0.6 is 0 Å². The molecular weight excluding hydrogens is 1430 g/mol. The fourth-order valence-electron chi connectivity index (χ4n) is 18.0. The van der Waals surface area contributed by atoms with E-state index in [0.717, 1.165) is 172 Å². The Kier molecular flexibility index (Phi) is 30.3. The predicted molar refractivity (Wildman–Crippen MR) is 485 cm³/mol. The van der Waals surface area contributed by atoms with Crippen LogP contribution in [0.2, 0.25) is 0 Å². The number of aryl methyl sites for hydroxylation is 4. The van der Waals surface area contributed by atoms with Crippen molar-refractivity contribution in [2.24, 2.45) is 0 Å². The van der Waals surface area contributed by atoms with Crippen LogP contribution < -0.4 is 18.9 Å². The van der Waals surface area contributed by atoms with E-state index in [-0.39, 0.29) is 0 Å². The molecule has 0 atom stereocenters. The molecule has 0 radical (unpaired) electrons. The van der Waals surface area contributed by atoms with Crippen molar-refractivity contribution in [2.75, 3.05) is 26.4 Å². The molecule has 116 heavy (non-hydrogen) atoms. The third kappa shape index (κ3) is 22.4. The monoisotopic (exact) mass is 1550 g/mol. The molecule has 4 aliphatic heterocycles. The molecule has 14 aromatic rings. The molecule has 8 heterocycles. The van der Waals surface area contributed by atoms with E-state index >= 15 is 0 Å². The SMILES string of the molecule is c1ccc(-c2c3oc4cc5oc(c(-c6ccccc6)c5cc24)CCCCCCCCCCCOc2ccc4ccc(cc4c2)OCCCCCCCCCCCc2oc4cc5oc(c(-c6ccccc6)c5cc4c2-c2ccccc2)CCCCCCCCCCCOc2ccc4ccc(cc4c2)OCCCCCCCCCCC3)cc1. The van der Waals surface area contributed by atoms with Crippen molar-refractivity contribution in [3.63, 3.8) is 0 Å². The van der Waals surface area contributed by atoms with Crippen LogP contribution in [-0.2, 0) is 25.7 Å². The molecule has 8 heteroatoms. The van der Waals surface area contributed by atoms with E-state index in [1.54, 1.807) is 0 Å². The Morgan fingerprint density at radius 1 is 0.164 bits per heavy atom. The number of ether oxygens (including phenoxy) is 4. The van der Waals surface area contributed by atoms with Crippen LogP contribution in [0.3, 0.4) is 0 Å². The molecule has 0 saturated carbocycles. The number of benzene rings is 10. The largest absolute Gasteiger partial charge is 0.494 e. The highest BCUT2D eigenvalue weighted by Crippen LogP contribution is 2.46. The smallest absolute Gasteiger partial charge is 0.138 e. The zero-order valence-corrected chi connectivity index (χ0v) is 69.2. The van der Waals surface area contributed by atoms with Gasteiger partial charge < -0.3 is 36.6 Å². The van der Waals surface area contributed by atoms with Gasteiger partial charge in [-0.3, -0.25) is 0 Å². The highest BCUT2D eigenvalue weighted by molar-refractivity contribution is 6.09. The van der Waals surface area contributed by atoms with Crippen molar-refractivity contribution in [1.82, 2.24) is 0 Å². The van der Waals surface area contributed by atoms with Gasteiger partial charge >= 0.3 is 0 Å². The highest BCUT2D eigenvalue weighted by atomic mass is 16.5. The Bertz CT molecular complexity index is 4650. The maximum atomic E-state index is 6.87. The first-order chi connectivity index (χ1) is 57.6. The van der Waals surface area contributed by atoms with Gasteiger partial charge in [0.1, 0.15) is 68.4 Å². The Labute approximate surface area is 690 Å². The highest BCUT2D eigenvalue weighted by Gasteiger charge is 2.25. The number of hydrogen-bond donors (Lipinski definition) is 0. The zero-order valence-electron chi connectivity index (χ0n) is 69.2. The molecule has 18 bridgehead atoms. The van der Waals surface area contributed by atoms with Crippen molar-refractivity contribution in [3.8, 4) is 67.5 Å². The first-order valence-electron chi connectivity index (χ1n) is 45.4. The first kappa shape index (κ1) is 81.2. The topological polar surface area (TPSA) is 89.5 Å². The lowest BCUT2D eigenvalue weighted by atomic mass is 9.95. The fourth-order valence-corrected chi connectivity index (χ4v) is 18.0. The summed E-state index contributed by atoms with van der Waals surface area (Å²) in [5.41, 5.74) is 13.4. The van der Waals surface area contributed by atoms with Gasteiger partial charge in [-0.2, -0.15) is 0 Å². The second kappa shape index (κ2) is 43.3. The van der Waals surface area contributed by atoms with Gasteiger partial charge in [0.25, 0.3) is 0 Å². The molecule has 8 nitrogen and oxygen atoms in total. The normalized spacial score (nSPS) is 16.8. The van der Waals surface area contributed by atoms with Crippen molar-refractivity contribution in [3.05, 3.63) is 241 Å². The molecule has 4 aromatic heterocycles. The number of hydrogen-bond acceptors (Lipinski definition) is 8. The molecule has 18 rings (SSSR count). The maximum Gasteiger partial charge on any atom is 0.138 e. The second-order valence-corrected chi connectivity index (χ2v) is 33.2. The van der Waals surface area contributed by atoms with Crippen LogP contribution in [0, 0.1) is 0 Å². The minimum Gasteiger partial charge on any atom is -0.494 e. The molecule has 10 aromatic carbocycles. The summed E-state index contributed by atoms with van der Waals surface area (Å²) in [6.45, 7) is 2.99. The predicted octanol–water partition coefficient (Wildman–Crippen LogP) is 32.5. The van der Waals surface area contributed by atoms with E-state index in [0.29, 0.717) is 0 Å². The van der Waals surface area contributed by atoms with Gasteiger partial charge in [-0.05, 0) is 156 Å². The summed E-state index contributed by atoms with van der Waals surface area (Å²) >= 11 is 0. The van der Waals surface area contributed by atoms with Crippen LogP contribution in [0.5, 0.6) is 23.0 Å². The van der Waals surface area contributed by atoms with Crippen LogP contribution in [0.25, 0.3) is 110 Å². The van der Waals surface area contributed by atoms with Crippen LogP contribution in [-0.4, -0.2) is 26.4 Å². The fraction of sp³-hybridized carbons (Fsp3) is 0.407. The van der Waals surface area contributed by atoms with Gasteiger partial charge in [0.05, 0.1) is 26.4 Å². The lowest BCUT2D eigenvalue weighted by molar-refractivity contribution is 0.303. The first-order valence-corrected chi connectivity index (χ1v) is 45.4. The van der Waals surface area contributed by atoms with Crippen LogP contribution in [0.4, 0.5) is 0 Å². The van der Waals surface area contributed by atoms with E-state index in [1.807, 2.05) is 0 Å². The van der Waals surface area contributed by atoms with E-state index in [2.05, 4.69) is 218 Å². The summed E-state index contributed by atoms with van der Waals surface area (Å²) in [5, 5.41) is 9.46. The minimum atomic E-state index is 0.746. The van der Waals surface area contributed by atoms with Gasteiger partial charge in [-0.15, -0.1) is 0 Å². The Morgan fingerprint density at radius 3 is 0.578 bits per heavy atom. The van der Waals surface area contributed by atoms with Crippen LogP contribution in [0.15, 0.2) is 236 Å². The maximum absolute atomic E-state index is 6.87. The van der Waals surface area contributed by atoms with E-state index in [1.165, 1.54) is 267 Å². The van der Waals surface area contributed by atoms with Gasteiger partial charge in [0, 0.05) is 81.6 Å². The average molecular weight is 1550 g/mol. The van der Waals surface area contributed by atoms with Crippen LogP contribution in [0.1, 0.15) is 254 Å². The van der Waals surface area contributed by atoms with Crippen molar-refractivity contribution in [1.29, 1.82) is 0 Å². The Morgan fingerprint density at radius 2 is 0.362 bits per heavy atom. The Balaban J connectivity index is 0.529. The van der Waals surface area contributed by atoms with Gasteiger partial charge in [-0.1, -0.05) is 325 Å². The summed E-state index contributed by atoms with van der Waals surface area (Å²) in [7, 11) is 0. The molecule has 0 spiro atoms. The molecule has 0 saturated heterocycles. The van der Waals surface area contributed by atoms with E-state index < -0.39 is 0 Å². The molecule has 0 unspecified atom stereocenters. The lowest BCUT2D eigenvalue weighted by Crippen LogP contribution is -1.98. The van der Waals surface area contributed by atoms with Gasteiger partial charge in [0.15, 0.2) is 0 Å². The number of furan rings is 4. The quantitative estimate of drug-likeness (QED) is 0.172. The summed E-state index contributed by atoms with van der Waals surface area (Å²) in [5.74, 6) is 8.11. The standard InChI is InChI=1S/C108H124O8/c1-5-13-21-41-57-97-105(83-49-33-29-34-50-83)93-77-94-102(79-101(93)113-97)114-98(106(94)84-51-35-30-36-52-84)58-42-22-14-6-2-11-19-27-47-71-111-91-67-63-82-64-68-92(76-88(82)75-91)112-72-48-28-20-12-4-8-16-24-44-60-100-108(86-55-39-32-40-56-86)96-78-95-103(80-104(96)116-100)115-99(107(95)85-53-37-31-38-54-85)59-43-23-15-7-3-10-18-26-46-70-110-90-66-62-81-61-65-89(73-87(81)74-90)109-69-45-25-17-9-1/h29-40,49-56,61-68,73-80H,1-28,41-48,57-60,69-72H2. The summed E-state index contributed by atoms with van der Waals surface area (Å²) in [6, 6.07) is 78.6. The molecule has 0 amide bonds. The molecule has 604 valence electrons.